The summed E-state index contributed by atoms with van der Waals surface area (Å²) < 4.78 is 5.29. The van der Waals surface area contributed by atoms with E-state index >= 15 is 0 Å². The minimum atomic E-state index is -0.577. The van der Waals surface area contributed by atoms with Crippen LogP contribution in [0.1, 0.15) is 32.9 Å². The molecule has 2 heterocycles. The first kappa shape index (κ1) is 17.7. The van der Waals surface area contributed by atoms with Gasteiger partial charge in [0.25, 0.3) is 5.56 Å². The van der Waals surface area contributed by atoms with Crippen molar-refractivity contribution in [3.05, 3.63) is 16.0 Å². The Balaban J connectivity index is 1.86. The third kappa shape index (κ3) is 4.67. The summed E-state index contributed by atoms with van der Waals surface area (Å²) in [5.41, 5.74) is 4.30. The van der Waals surface area contributed by atoms with Crippen LogP contribution < -0.4 is 16.6 Å². The Labute approximate surface area is 138 Å². The fourth-order valence-corrected chi connectivity index (χ4v) is 2.27. The minimum Gasteiger partial charge on any atom is -0.444 e. The number of rotatable bonds is 3. The van der Waals surface area contributed by atoms with Crippen LogP contribution in [0, 0.1) is 5.92 Å². The lowest BCUT2D eigenvalue weighted by Gasteiger charge is -2.24. The molecule has 1 saturated heterocycles. The number of amides is 2. The molecule has 132 valence electrons. The van der Waals surface area contributed by atoms with Gasteiger partial charge in [-0.3, -0.25) is 14.6 Å². The Morgan fingerprint density at radius 3 is 2.75 bits per heavy atom. The molecule has 0 aliphatic carbocycles. The van der Waals surface area contributed by atoms with E-state index < -0.39 is 17.3 Å². The van der Waals surface area contributed by atoms with Gasteiger partial charge in [-0.1, -0.05) is 0 Å². The van der Waals surface area contributed by atoms with E-state index in [1.165, 1.54) is 4.90 Å². The predicted molar refractivity (Wildman–Crippen MR) is 84.8 cm³/mol. The molecule has 4 N–H and O–H groups in total. The lowest BCUT2D eigenvalue weighted by Crippen LogP contribution is -2.38. The van der Waals surface area contributed by atoms with Crippen LogP contribution in [0.15, 0.2) is 4.79 Å². The fraction of sp³-hybridized carbons (Fsp3) is 0.643. The number of carbonyl (C=O) groups excluding carboxylic acids is 2. The highest BCUT2D eigenvalue weighted by atomic mass is 16.6. The average molecular weight is 338 g/mol. The lowest BCUT2D eigenvalue weighted by molar-refractivity contribution is -0.124. The highest BCUT2D eigenvalue weighted by molar-refractivity contribution is 5.80. The van der Waals surface area contributed by atoms with Gasteiger partial charge in [0, 0.05) is 13.1 Å². The molecule has 10 heteroatoms. The topological polar surface area (TPSA) is 143 Å². The summed E-state index contributed by atoms with van der Waals surface area (Å²) in [4.78, 5) is 39.6. The maximum absolute atomic E-state index is 12.2. The molecule has 2 amide bonds. The van der Waals surface area contributed by atoms with Crippen LogP contribution in [0.3, 0.4) is 0 Å². The number of anilines is 1. The molecule has 10 nitrogen and oxygen atoms in total. The van der Waals surface area contributed by atoms with Gasteiger partial charge in [0.2, 0.25) is 11.9 Å². The van der Waals surface area contributed by atoms with E-state index in [9.17, 15) is 14.4 Å². The van der Waals surface area contributed by atoms with Crippen LogP contribution in [0.4, 0.5) is 10.7 Å². The van der Waals surface area contributed by atoms with Crippen molar-refractivity contribution in [2.24, 2.45) is 5.92 Å². The van der Waals surface area contributed by atoms with Crippen molar-refractivity contribution in [1.29, 1.82) is 0 Å². The highest BCUT2D eigenvalue weighted by Crippen LogP contribution is 2.19. The summed E-state index contributed by atoms with van der Waals surface area (Å²) in [6, 6.07) is 0. The highest BCUT2D eigenvalue weighted by Gasteiger charge is 2.33. The number of nitrogens with zero attached hydrogens (tertiary/aromatic N) is 3. The maximum atomic E-state index is 12.2. The first-order chi connectivity index (χ1) is 11.2. The van der Waals surface area contributed by atoms with Gasteiger partial charge >= 0.3 is 6.09 Å². The van der Waals surface area contributed by atoms with Crippen molar-refractivity contribution in [1.82, 2.24) is 25.4 Å². The standard InChI is InChI=1S/C14H22N6O4/c1-14(2,3)24-13(23)20-5-4-8(7-20)10(21)16-6-9-11(22)17-12(15)19-18-9/h8H,4-7H2,1-3H3,(H,16,21)(H3,15,17,19,22)/t8-/m0/s1. The van der Waals surface area contributed by atoms with Crippen LogP contribution >= 0.6 is 0 Å². The number of carbonyl (C=O) groups is 2. The molecule has 0 aromatic carbocycles. The molecule has 1 aliphatic heterocycles. The average Bonchev–Trinajstić information content (AvgIpc) is 2.94. The summed E-state index contributed by atoms with van der Waals surface area (Å²) in [5, 5.41) is 9.81. The van der Waals surface area contributed by atoms with E-state index in [-0.39, 0.29) is 36.6 Å². The smallest absolute Gasteiger partial charge is 0.410 e. The maximum Gasteiger partial charge on any atom is 0.410 e. The van der Waals surface area contributed by atoms with Gasteiger partial charge < -0.3 is 20.7 Å². The molecule has 1 atom stereocenters. The quantitative estimate of drug-likeness (QED) is 0.681. The van der Waals surface area contributed by atoms with E-state index in [4.69, 9.17) is 10.5 Å². The number of aromatic nitrogens is 3. The minimum absolute atomic E-state index is 0.0512. The van der Waals surface area contributed by atoms with Gasteiger partial charge in [-0.15, -0.1) is 10.2 Å². The molecule has 0 radical (unpaired) electrons. The normalized spacial score (nSPS) is 17.6. The molecule has 2 rings (SSSR count). The zero-order chi connectivity index (χ0) is 17.9. The van der Waals surface area contributed by atoms with E-state index in [1.54, 1.807) is 20.8 Å². The Morgan fingerprint density at radius 1 is 1.42 bits per heavy atom. The second-order valence-corrected chi connectivity index (χ2v) is 6.62. The van der Waals surface area contributed by atoms with Crippen LogP contribution in [0.2, 0.25) is 0 Å². The van der Waals surface area contributed by atoms with Gasteiger partial charge in [0.05, 0.1) is 12.5 Å². The number of nitrogen functional groups attached to an aromatic ring is 1. The summed E-state index contributed by atoms with van der Waals surface area (Å²) >= 11 is 0. The second kappa shape index (κ2) is 6.85. The van der Waals surface area contributed by atoms with Crippen LogP contribution in [-0.2, 0) is 16.1 Å². The summed E-state index contributed by atoms with van der Waals surface area (Å²) in [6.45, 7) is 6.05. The predicted octanol–water partition coefficient (Wildman–Crippen LogP) is -0.380. The van der Waals surface area contributed by atoms with Crippen molar-refractivity contribution in [3.8, 4) is 0 Å². The van der Waals surface area contributed by atoms with Crippen molar-refractivity contribution in [2.45, 2.75) is 39.3 Å². The molecule has 24 heavy (non-hydrogen) atoms. The lowest BCUT2D eigenvalue weighted by atomic mass is 10.1. The van der Waals surface area contributed by atoms with E-state index in [2.05, 4.69) is 20.5 Å². The molecule has 1 aromatic rings. The molecular weight excluding hydrogens is 316 g/mol. The number of hydrogen-bond acceptors (Lipinski definition) is 7. The molecular formula is C14H22N6O4. The largest absolute Gasteiger partial charge is 0.444 e. The first-order valence-corrected chi connectivity index (χ1v) is 7.62. The Hall–Kier alpha value is -2.65. The number of hydrogen-bond donors (Lipinski definition) is 3. The first-order valence-electron chi connectivity index (χ1n) is 7.62. The Kier molecular flexibility index (Phi) is 5.05. The fourth-order valence-electron chi connectivity index (χ4n) is 2.27. The van der Waals surface area contributed by atoms with Gasteiger partial charge in [0.15, 0.2) is 0 Å². The molecule has 1 aromatic heterocycles. The van der Waals surface area contributed by atoms with Crippen LogP contribution in [-0.4, -0.2) is 50.8 Å². The van der Waals surface area contributed by atoms with Gasteiger partial charge in [-0.2, -0.15) is 0 Å². The molecule has 1 fully saturated rings. The van der Waals surface area contributed by atoms with Crippen molar-refractivity contribution < 1.29 is 14.3 Å². The monoisotopic (exact) mass is 338 g/mol. The number of ether oxygens (including phenoxy) is 1. The zero-order valence-corrected chi connectivity index (χ0v) is 14.0. The Bertz CT molecular complexity index is 681. The van der Waals surface area contributed by atoms with Gasteiger partial charge in [-0.25, -0.2) is 4.79 Å². The zero-order valence-electron chi connectivity index (χ0n) is 14.0. The third-order valence-corrected chi connectivity index (χ3v) is 3.42. The Morgan fingerprint density at radius 2 is 2.12 bits per heavy atom. The van der Waals surface area contributed by atoms with Gasteiger partial charge in [-0.05, 0) is 27.2 Å². The van der Waals surface area contributed by atoms with E-state index in [1.807, 2.05) is 0 Å². The molecule has 0 spiro atoms. The number of likely N-dealkylation sites (tertiary alicyclic amines) is 1. The van der Waals surface area contributed by atoms with E-state index in [0.717, 1.165) is 0 Å². The van der Waals surface area contributed by atoms with Crippen molar-refractivity contribution in [3.63, 3.8) is 0 Å². The number of aromatic amines is 1. The third-order valence-electron chi connectivity index (χ3n) is 3.42. The van der Waals surface area contributed by atoms with E-state index in [0.29, 0.717) is 13.0 Å². The number of nitrogens with two attached hydrogens (primary N) is 1. The summed E-state index contributed by atoms with van der Waals surface area (Å²) in [5.74, 6) is -0.684. The SMILES string of the molecule is CC(C)(C)OC(=O)N1CC[C@H](C(=O)NCc2nnc(N)[nH]c2=O)C1. The molecule has 0 bridgehead atoms. The second-order valence-electron chi connectivity index (χ2n) is 6.62. The van der Waals surface area contributed by atoms with Crippen LogP contribution in [0.5, 0.6) is 0 Å². The molecule has 0 unspecified atom stereocenters. The van der Waals surface area contributed by atoms with Crippen molar-refractivity contribution >= 4 is 17.9 Å². The van der Waals surface area contributed by atoms with Gasteiger partial charge in [0.1, 0.15) is 11.3 Å². The van der Waals surface area contributed by atoms with Crippen molar-refractivity contribution in [2.75, 3.05) is 18.8 Å². The molecule has 1 aliphatic rings. The van der Waals surface area contributed by atoms with Crippen LogP contribution in [0.25, 0.3) is 0 Å². The number of nitrogens with one attached hydrogen (secondary N) is 2. The number of H-pyrrole nitrogens is 1. The summed E-state index contributed by atoms with van der Waals surface area (Å²) in [6.07, 6.45) is 0.105. The summed E-state index contributed by atoms with van der Waals surface area (Å²) in [7, 11) is 0. The molecule has 0 saturated carbocycles.